The summed E-state index contributed by atoms with van der Waals surface area (Å²) in [4.78, 5) is 25.9. The van der Waals surface area contributed by atoms with Crippen LogP contribution in [0.15, 0.2) is 48.5 Å². The Hall–Kier alpha value is -2.62. The standard InChI is InChI=1S/C23H30N2O2/c1-17-6-8-19(9-7-17)16-22(27)24-14-15-25(18(2)26)21-12-10-20(11-13-21)23(3,4)5/h6-13H,14-16H2,1-5H3,(H,24,27). The van der Waals surface area contributed by atoms with Gasteiger partial charge < -0.3 is 10.2 Å². The van der Waals surface area contributed by atoms with E-state index in [-0.39, 0.29) is 17.2 Å². The molecular weight excluding hydrogens is 336 g/mol. The Bertz CT molecular complexity index is 772. The Morgan fingerprint density at radius 1 is 0.963 bits per heavy atom. The van der Waals surface area contributed by atoms with Crippen LogP contribution in [0.2, 0.25) is 0 Å². The molecule has 2 aromatic carbocycles. The fraction of sp³-hybridized carbons (Fsp3) is 0.391. The minimum absolute atomic E-state index is 0.0358. The molecule has 1 N–H and O–H groups in total. The van der Waals surface area contributed by atoms with Crippen molar-refractivity contribution in [1.82, 2.24) is 5.32 Å². The smallest absolute Gasteiger partial charge is 0.224 e. The number of aryl methyl sites for hydroxylation is 1. The lowest BCUT2D eigenvalue weighted by molar-refractivity contribution is -0.121. The van der Waals surface area contributed by atoms with Crippen LogP contribution in [0.5, 0.6) is 0 Å². The van der Waals surface area contributed by atoms with Crippen LogP contribution in [-0.2, 0) is 21.4 Å². The van der Waals surface area contributed by atoms with Crippen molar-refractivity contribution in [2.24, 2.45) is 0 Å². The van der Waals surface area contributed by atoms with Gasteiger partial charge in [-0.3, -0.25) is 9.59 Å². The highest BCUT2D eigenvalue weighted by atomic mass is 16.2. The van der Waals surface area contributed by atoms with Crippen LogP contribution in [-0.4, -0.2) is 24.9 Å². The average molecular weight is 367 g/mol. The fourth-order valence-electron chi connectivity index (χ4n) is 2.87. The van der Waals surface area contributed by atoms with E-state index >= 15 is 0 Å². The van der Waals surface area contributed by atoms with Crippen LogP contribution < -0.4 is 10.2 Å². The highest BCUT2D eigenvalue weighted by molar-refractivity contribution is 5.91. The van der Waals surface area contributed by atoms with Crippen LogP contribution in [0.3, 0.4) is 0 Å². The van der Waals surface area contributed by atoms with Crippen LogP contribution >= 0.6 is 0 Å². The van der Waals surface area contributed by atoms with Gasteiger partial charge >= 0.3 is 0 Å². The molecule has 0 fully saturated rings. The number of nitrogens with zero attached hydrogens (tertiary/aromatic N) is 1. The molecule has 0 saturated carbocycles. The number of nitrogens with one attached hydrogen (secondary N) is 1. The summed E-state index contributed by atoms with van der Waals surface area (Å²) in [6.45, 7) is 10.9. The number of hydrogen-bond acceptors (Lipinski definition) is 2. The molecule has 0 saturated heterocycles. The van der Waals surface area contributed by atoms with Crippen molar-refractivity contribution < 1.29 is 9.59 Å². The number of hydrogen-bond donors (Lipinski definition) is 1. The molecule has 0 aromatic heterocycles. The summed E-state index contributed by atoms with van der Waals surface area (Å²) in [6.07, 6.45) is 0.348. The van der Waals surface area contributed by atoms with E-state index in [1.54, 1.807) is 11.8 Å². The van der Waals surface area contributed by atoms with Crippen molar-refractivity contribution in [2.75, 3.05) is 18.0 Å². The summed E-state index contributed by atoms with van der Waals surface area (Å²) in [5.41, 5.74) is 4.31. The maximum absolute atomic E-state index is 12.1. The predicted octanol–water partition coefficient (Wildman–Crippen LogP) is 4.00. The van der Waals surface area contributed by atoms with Gasteiger partial charge in [-0.15, -0.1) is 0 Å². The van der Waals surface area contributed by atoms with Crippen LogP contribution in [0, 0.1) is 6.92 Å². The van der Waals surface area contributed by atoms with E-state index in [2.05, 4.69) is 38.2 Å². The lowest BCUT2D eigenvalue weighted by Crippen LogP contribution is -2.38. The highest BCUT2D eigenvalue weighted by Crippen LogP contribution is 2.24. The third-order valence-corrected chi connectivity index (χ3v) is 4.57. The van der Waals surface area contributed by atoms with Crippen molar-refractivity contribution in [3.8, 4) is 0 Å². The average Bonchev–Trinajstić information content (AvgIpc) is 2.60. The summed E-state index contributed by atoms with van der Waals surface area (Å²) in [5, 5.41) is 2.90. The molecule has 2 amide bonds. The topological polar surface area (TPSA) is 49.4 Å². The maximum Gasteiger partial charge on any atom is 0.224 e. The zero-order valence-corrected chi connectivity index (χ0v) is 17.0. The Kier molecular flexibility index (Phi) is 6.78. The van der Waals surface area contributed by atoms with E-state index < -0.39 is 0 Å². The van der Waals surface area contributed by atoms with Crippen molar-refractivity contribution in [3.63, 3.8) is 0 Å². The van der Waals surface area contributed by atoms with Gasteiger partial charge in [0.2, 0.25) is 11.8 Å². The summed E-state index contributed by atoms with van der Waals surface area (Å²) in [6, 6.07) is 16.0. The molecule has 0 aliphatic carbocycles. The molecule has 2 rings (SSSR count). The number of amides is 2. The second-order valence-corrected chi connectivity index (χ2v) is 7.98. The molecule has 4 heteroatoms. The number of rotatable bonds is 6. The van der Waals surface area contributed by atoms with Crippen molar-refractivity contribution in [2.45, 2.75) is 46.5 Å². The Labute approximate surface area is 162 Å². The fourth-order valence-corrected chi connectivity index (χ4v) is 2.87. The predicted molar refractivity (Wildman–Crippen MR) is 111 cm³/mol. The van der Waals surface area contributed by atoms with Crippen LogP contribution in [0.4, 0.5) is 5.69 Å². The minimum atomic E-state index is -0.0366. The van der Waals surface area contributed by atoms with Gasteiger partial charge in [0.15, 0.2) is 0 Å². The van der Waals surface area contributed by atoms with Gasteiger partial charge in [-0.1, -0.05) is 62.7 Å². The Morgan fingerprint density at radius 3 is 2.07 bits per heavy atom. The molecule has 144 valence electrons. The van der Waals surface area contributed by atoms with E-state index in [9.17, 15) is 9.59 Å². The lowest BCUT2D eigenvalue weighted by Gasteiger charge is -2.24. The molecule has 0 unspecified atom stereocenters. The van der Waals surface area contributed by atoms with Gasteiger partial charge in [0.05, 0.1) is 6.42 Å². The molecule has 27 heavy (non-hydrogen) atoms. The molecule has 0 aliphatic heterocycles. The van der Waals surface area contributed by atoms with Crippen molar-refractivity contribution in [3.05, 3.63) is 65.2 Å². The highest BCUT2D eigenvalue weighted by Gasteiger charge is 2.16. The van der Waals surface area contributed by atoms with Crippen LogP contribution in [0.25, 0.3) is 0 Å². The Balaban J connectivity index is 1.91. The molecular formula is C23H30N2O2. The minimum Gasteiger partial charge on any atom is -0.354 e. The molecule has 0 atom stereocenters. The largest absolute Gasteiger partial charge is 0.354 e. The van der Waals surface area contributed by atoms with E-state index in [1.165, 1.54) is 11.1 Å². The van der Waals surface area contributed by atoms with Gasteiger partial charge in [0.1, 0.15) is 0 Å². The van der Waals surface area contributed by atoms with Gasteiger partial charge in [0.25, 0.3) is 0 Å². The van der Waals surface area contributed by atoms with E-state index in [0.29, 0.717) is 19.5 Å². The maximum atomic E-state index is 12.1. The first-order valence-corrected chi connectivity index (χ1v) is 9.38. The molecule has 4 nitrogen and oxygen atoms in total. The first-order chi connectivity index (χ1) is 12.7. The van der Waals surface area contributed by atoms with Gasteiger partial charge in [0, 0.05) is 25.7 Å². The second-order valence-electron chi connectivity index (χ2n) is 7.98. The SMILES string of the molecule is CC(=O)N(CCNC(=O)Cc1ccc(C)cc1)c1ccc(C(C)(C)C)cc1. The molecule has 0 heterocycles. The summed E-state index contributed by atoms with van der Waals surface area (Å²) in [5.74, 6) is -0.0725. The molecule has 0 bridgehead atoms. The van der Waals surface area contributed by atoms with Crippen LogP contribution in [0.1, 0.15) is 44.4 Å². The third kappa shape index (κ3) is 6.24. The third-order valence-electron chi connectivity index (χ3n) is 4.57. The van der Waals surface area contributed by atoms with Gasteiger partial charge in [-0.05, 0) is 35.6 Å². The normalized spacial score (nSPS) is 11.1. The zero-order valence-electron chi connectivity index (χ0n) is 17.0. The first kappa shape index (κ1) is 20.7. The van der Waals surface area contributed by atoms with E-state index in [4.69, 9.17) is 0 Å². The van der Waals surface area contributed by atoms with E-state index in [1.807, 2.05) is 43.3 Å². The number of benzene rings is 2. The second kappa shape index (κ2) is 8.85. The van der Waals surface area contributed by atoms with E-state index in [0.717, 1.165) is 11.3 Å². The zero-order chi connectivity index (χ0) is 20.0. The van der Waals surface area contributed by atoms with Gasteiger partial charge in [-0.2, -0.15) is 0 Å². The molecule has 0 spiro atoms. The molecule has 2 aromatic rings. The van der Waals surface area contributed by atoms with Crippen molar-refractivity contribution >= 4 is 17.5 Å². The molecule has 0 radical (unpaired) electrons. The summed E-state index contributed by atoms with van der Waals surface area (Å²) < 4.78 is 0. The molecule has 0 aliphatic rings. The monoisotopic (exact) mass is 366 g/mol. The first-order valence-electron chi connectivity index (χ1n) is 9.38. The lowest BCUT2D eigenvalue weighted by atomic mass is 9.87. The van der Waals surface area contributed by atoms with Gasteiger partial charge in [-0.25, -0.2) is 0 Å². The quantitative estimate of drug-likeness (QED) is 0.840. The van der Waals surface area contributed by atoms with Crippen molar-refractivity contribution in [1.29, 1.82) is 0 Å². The Morgan fingerprint density at radius 2 is 1.56 bits per heavy atom. The summed E-state index contributed by atoms with van der Waals surface area (Å²) in [7, 11) is 0. The number of anilines is 1. The summed E-state index contributed by atoms with van der Waals surface area (Å²) >= 11 is 0. The number of carbonyl (C=O) groups excluding carboxylic acids is 2. The number of carbonyl (C=O) groups is 2.